The molecule has 0 fully saturated rings. The molecule has 1 N–H and O–H groups in total. The minimum absolute atomic E-state index is 0.103. The van der Waals surface area contributed by atoms with Gasteiger partial charge in [-0.15, -0.1) is 0 Å². The number of esters is 1. The number of thiazole rings is 1. The van der Waals surface area contributed by atoms with Crippen molar-refractivity contribution in [1.29, 1.82) is 0 Å². The Morgan fingerprint density at radius 1 is 1.22 bits per heavy atom. The summed E-state index contributed by atoms with van der Waals surface area (Å²) < 4.78 is 14.4. The number of phenolic OH excluding ortho intramolecular Hbond substituents is 1. The molecule has 3 heterocycles. The third kappa shape index (κ3) is 4.47. The first-order chi connectivity index (χ1) is 17.4. The van der Waals surface area contributed by atoms with Gasteiger partial charge in [0.05, 0.1) is 22.4 Å². The lowest BCUT2D eigenvalue weighted by atomic mass is 10.0. The molecule has 2 aromatic carbocycles. The van der Waals surface area contributed by atoms with Gasteiger partial charge in [-0.05, 0) is 61.9 Å². The maximum atomic E-state index is 13.6. The highest BCUT2D eigenvalue weighted by Crippen LogP contribution is 2.34. The van der Waals surface area contributed by atoms with Crippen molar-refractivity contribution in [2.75, 3.05) is 6.61 Å². The van der Waals surface area contributed by atoms with Gasteiger partial charge in [-0.3, -0.25) is 9.36 Å². The highest BCUT2D eigenvalue weighted by Gasteiger charge is 2.35. The number of benzene rings is 2. The molecule has 2 aromatic heterocycles. The quantitative estimate of drug-likeness (QED) is 0.359. The molecular weight excluding hydrogens is 544 g/mol. The summed E-state index contributed by atoms with van der Waals surface area (Å²) in [5.41, 5.74) is 1.94. The Morgan fingerprint density at radius 3 is 2.72 bits per heavy atom. The van der Waals surface area contributed by atoms with E-state index in [9.17, 15) is 14.7 Å². The smallest absolute Gasteiger partial charge is 0.338 e. The topological polar surface area (TPSA) is 94.0 Å². The number of halogens is 1. The van der Waals surface area contributed by atoms with Crippen molar-refractivity contribution in [2.45, 2.75) is 19.9 Å². The van der Waals surface area contributed by atoms with Crippen LogP contribution in [0.15, 0.2) is 90.6 Å². The van der Waals surface area contributed by atoms with Crippen LogP contribution in [-0.4, -0.2) is 22.2 Å². The number of hydrogen-bond acceptors (Lipinski definition) is 7. The molecule has 0 saturated heterocycles. The molecule has 4 aromatic rings. The van der Waals surface area contributed by atoms with Gasteiger partial charge in [0, 0.05) is 10.0 Å². The molecule has 0 unspecified atom stereocenters. The fourth-order valence-corrected chi connectivity index (χ4v) is 5.41. The zero-order valence-electron chi connectivity index (χ0n) is 19.4. The average molecular weight is 565 g/mol. The van der Waals surface area contributed by atoms with Gasteiger partial charge in [-0.1, -0.05) is 51.5 Å². The highest BCUT2D eigenvalue weighted by atomic mass is 79.9. The largest absolute Gasteiger partial charge is 0.508 e. The van der Waals surface area contributed by atoms with Gasteiger partial charge in [-0.2, -0.15) is 0 Å². The number of furan rings is 1. The van der Waals surface area contributed by atoms with Crippen LogP contribution in [0.5, 0.6) is 5.75 Å². The molecule has 0 radical (unpaired) electrons. The summed E-state index contributed by atoms with van der Waals surface area (Å²) in [4.78, 5) is 31.7. The molecule has 36 heavy (non-hydrogen) atoms. The van der Waals surface area contributed by atoms with Crippen LogP contribution in [0.25, 0.3) is 17.4 Å². The van der Waals surface area contributed by atoms with E-state index in [1.54, 1.807) is 50.3 Å². The number of carbonyl (C=O) groups is 1. The number of carbonyl (C=O) groups excluding carboxylic acids is 1. The summed E-state index contributed by atoms with van der Waals surface area (Å²) in [5, 5.41) is 9.81. The van der Waals surface area contributed by atoms with Gasteiger partial charge in [0.15, 0.2) is 4.80 Å². The van der Waals surface area contributed by atoms with E-state index in [1.807, 2.05) is 30.3 Å². The number of phenols is 1. The van der Waals surface area contributed by atoms with Gasteiger partial charge in [0.1, 0.15) is 23.3 Å². The predicted molar refractivity (Wildman–Crippen MR) is 140 cm³/mol. The van der Waals surface area contributed by atoms with Crippen molar-refractivity contribution in [3.8, 4) is 17.1 Å². The van der Waals surface area contributed by atoms with Crippen molar-refractivity contribution in [2.24, 2.45) is 4.99 Å². The van der Waals surface area contributed by atoms with Crippen LogP contribution < -0.4 is 14.9 Å². The molecule has 0 spiro atoms. The van der Waals surface area contributed by atoms with Crippen LogP contribution in [0.1, 0.15) is 31.2 Å². The van der Waals surface area contributed by atoms with E-state index in [2.05, 4.69) is 20.9 Å². The molecule has 7 nitrogen and oxygen atoms in total. The molecule has 0 amide bonds. The first-order valence-corrected chi connectivity index (χ1v) is 12.8. The molecule has 0 bridgehead atoms. The number of hydrogen-bond donors (Lipinski definition) is 1. The van der Waals surface area contributed by atoms with Crippen LogP contribution in [0, 0.1) is 0 Å². The van der Waals surface area contributed by atoms with E-state index in [0.717, 1.165) is 10.0 Å². The van der Waals surface area contributed by atoms with Crippen molar-refractivity contribution in [1.82, 2.24) is 4.57 Å². The van der Waals surface area contributed by atoms with E-state index in [0.29, 0.717) is 32.1 Å². The molecule has 0 saturated carbocycles. The molecule has 1 aliphatic rings. The summed E-state index contributed by atoms with van der Waals surface area (Å²) in [6.07, 6.45) is 1.69. The maximum absolute atomic E-state index is 13.6. The first kappa shape index (κ1) is 24.0. The van der Waals surface area contributed by atoms with Crippen LogP contribution >= 0.6 is 27.3 Å². The SMILES string of the molecule is CCOC(=O)C1=C(C)N=c2s/c(=C\c3cccc(O)c3)c(=O)n2[C@H]1c1ccc(-c2ccc(Br)cc2)o1. The summed E-state index contributed by atoms with van der Waals surface area (Å²) in [6.45, 7) is 3.64. The lowest BCUT2D eigenvalue weighted by Gasteiger charge is -2.22. The second-order valence-electron chi connectivity index (χ2n) is 8.11. The van der Waals surface area contributed by atoms with Crippen LogP contribution in [0.4, 0.5) is 0 Å². The Bertz CT molecular complexity index is 1680. The third-order valence-electron chi connectivity index (χ3n) is 5.71. The Labute approximate surface area is 218 Å². The Morgan fingerprint density at radius 2 is 2.00 bits per heavy atom. The number of ether oxygens (including phenoxy) is 1. The van der Waals surface area contributed by atoms with Gasteiger partial charge < -0.3 is 14.3 Å². The molecular formula is C27H21BrN2O5S. The monoisotopic (exact) mass is 564 g/mol. The van der Waals surface area contributed by atoms with Crippen LogP contribution in [0.3, 0.4) is 0 Å². The molecule has 1 aliphatic heterocycles. The van der Waals surface area contributed by atoms with Crippen molar-refractivity contribution in [3.05, 3.63) is 107 Å². The predicted octanol–water partition coefficient (Wildman–Crippen LogP) is 4.53. The maximum Gasteiger partial charge on any atom is 0.338 e. The molecule has 9 heteroatoms. The minimum Gasteiger partial charge on any atom is -0.508 e. The van der Waals surface area contributed by atoms with E-state index in [4.69, 9.17) is 9.15 Å². The summed E-state index contributed by atoms with van der Waals surface area (Å²) in [5.74, 6) is 0.589. The summed E-state index contributed by atoms with van der Waals surface area (Å²) in [6, 6.07) is 17.0. The lowest BCUT2D eigenvalue weighted by Crippen LogP contribution is -2.39. The Kier molecular flexibility index (Phi) is 6.51. The lowest BCUT2D eigenvalue weighted by molar-refractivity contribution is -0.139. The number of aromatic nitrogens is 1. The summed E-state index contributed by atoms with van der Waals surface area (Å²) >= 11 is 4.64. The zero-order chi connectivity index (χ0) is 25.4. The normalized spacial score (nSPS) is 15.5. The molecule has 5 rings (SSSR count). The molecule has 182 valence electrons. The van der Waals surface area contributed by atoms with Gasteiger partial charge in [0.2, 0.25) is 0 Å². The Balaban J connectivity index is 1.69. The van der Waals surface area contributed by atoms with Crippen molar-refractivity contribution < 1.29 is 19.1 Å². The fourth-order valence-electron chi connectivity index (χ4n) is 4.10. The number of aromatic hydroxyl groups is 1. The number of allylic oxidation sites excluding steroid dienone is 1. The zero-order valence-corrected chi connectivity index (χ0v) is 21.8. The first-order valence-electron chi connectivity index (χ1n) is 11.2. The van der Waals surface area contributed by atoms with Crippen molar-refractivity contribution >= 4 is 39.3 Å². The minimum atomic E-state index is -0.837. The molecule has 0 aliphatic carbocycles. The van der Waals surface area contributed by atoms with E-state index < -0.39 is 12.0 Å². The second kappa shape index (κ2) is 9.75. The fraction of sp³-hybridized carbons (Fsp3) is 0.148. The highest BCUT2D eigenvalue weighted by molar-refractivity contribution is 9.10. The third-order valence-corrected chi connectivity index (χ3v) is 7.22. The van der Waals surface area contributed by atoms with E-state index >= 15 is 0 Å². The standard InChI is InChI=1S/C27H21BrN2O5S/c1-3-34-26(33)23-15(2)29-27-30(25(32)22(36-27)14-16-5-4-6-19(31)13-16)24(23)21-12-11-20(35-21)17-7-9-18(28)10-8-17/h4-14,24,31H,3H2,1-2H3/b22-14-/t24-/m0/s1. The van der Waals surface area contributed by atoms with Crippen LogP contribution in [0.2, 0.25) is 0 Å². The van der Waals surface area contributed by atoms with Crippen LogP contribution in [-0.2, 0) is 9.53 Å². The van der Waals surface area contributed by atoms with E-state index in [-0.39, 0.29) is 23.5 Å². The number of nitrogens with zero attached hydrogens (tertiary/aromatic N) is 2. The molecule has 1 atom stereocenters. The van der Waals surface area contributed by atoms with Gasteiger partial charge in [-0.25, -0.2) is 9.79 Å². The second-order valence-corrected chi connectivity index (χ2v) is 10.0. The number of rotatable bonds is 5. The summed E-state index contributed by atoms with van der Waals surface area (Å²) in [7, 11) is 0. The van der Waals surface area contributed by atoms with Gasteiger partial charge >= 0.3 is 5.97 Å². The van der Waals surface area contributed by atoms with E-state index in [1.165, 1.54) is 15.9 Å². The van der Waals surface area contributed by atoms with Crippen molar-refractivity contribution in [3.63, 3.8) is 0 Å². The Hall–Kier alpha value is -3.69. The van der Waals surface area contributed by atoms with Gasteiger partial charge in [0.25, 0.3) is 5.56 Å². The number of fused-ring (bicyclic) bond motifs is 1. The average Bonchev–Trinajstić information content (AvgIpc) is 3.44.